The number of hydrogen-bond donors (Lipinski definition) is 2. The van der Waals surface area contributed by atoms with E-state index < -0.39 is 0 Å². The van der Waals surface area contributed by atoms with Crippen LogP contribution < -0.4 is 16.5 Å². The highest BCUT2D eigenvalue weighted by atomic mass is 32.1. The number of nitrogens with one attached hydrogen (secondary N) is 1. The molecule has 2 aromatic rings. The highest BCUT2D eigenvalue weighted by Crippen LogP contribution is 2.30. The van der Waals surface area contributed by atoms with E-state index in [1.807, 2.05) is 30.3 Å². The molecule has 0 aliphatic rings. The lowest BCUT2D eigenvalue weighted by atomic mass is 10.2. The summed E-state index contributed by atoms with van der Waals surface area (Å²) < 4.78 is 0. The van der Waals surface area contributed by atoms with Gasteiger partial charge < -0.3 is 11.5 Å². The van der Waals surface area contributed by atoms with E-state index in [9.17, 15) is 0 Å². The minimum absolute atomic E-state index is 0.633. The van der Waals surface area contributed by atoms with Gasteiger partial charge >= 0.3 is 0 Å². The maximum absolute atomic E-state index is 5.75. The number of nitrogens with two attached hydrogens (primary N) is 2. The van der Waals surface area contributed by atoms with Crippen LogP contribution in [0.25, 0.3) is 10.4 Å². The third-order valence-electron chi connectivity index (χ3n) is 1.75. The molecule has 5 N–H and O–H groups in total. The molecule has 0 aliphatic carbocycles. The first-order valence-corrected chi connectivity index (χ1v) is 4.71. The summed E-state index contributed by atoms with van der Waals surface area (Å²) in [5, 5.41) is 0.636. The van der Waals surface area contributed by atoms with Gasteiger partial charge in [-0.2, -0.15) is 0 Å². The van der Waals surface area contributed by atoms with Gasteiger partial charge in [-0.05, 0) is 5.56 Å². The van der Waals surface area contributed by atoms with Crippen LogP contribution in [0.3, 0.4) is 0 Å². The van der Waals surface area contributed by atoms with Gasteiger partial charge in [0.25, 0.3) is 5.13 Å². The van der Waals surface area contributed by atoms with Gasteiger partial charge in [-0.1, -0.05) is 41.7 Å². The van der Waals surface area contributed by atoms with Gasteiger partial charge in [-0.25, -0.2) is 4.98 Å². The number of nitrogen functional groups attached to an aromatic ring is 2. The van der Waals surface area contributed by atoms with Gasteiger partial charge in [0.1, 0.15) is 4.88 Å². The van der Waals surface area contributed by atoms with Crippen LogP contribution in [-0.4, -0.2) is 0 Å². The summed E-state index contributed by atoms with van der Waals surface area (Å²) in [6, 6.07) is 9.95. The Balaban J connectivity index is 2.53. The van der Waals surface area contributed by atoms with E-state index in [0.29, 0.717) is 10.9 Å². The highest BCUT2D eigenvalue weighted by molar-refractivity contribution is 7.18. The van der Waals surface area contributed by atoms with Crippen molar-refractivity contribution in [1.82, 2.24) is 0 Å². The Morgan fingerprint density at radius 3 is 2.31 bits per heavy atom. The van der Waals surface area contributed by atoms with E-state index in [4.69, 9.17) is 11.5 Å². The van der Waals surface area contributed by atoms with Crippen molar-refractivity contribution in [2.24, 2.45) is 0 Å². The molecule has 4 heteroatoms. The molecule has 3 nitrogen and oxygen atoms in total. The number of thiazole rings is 1. The zero-order valence-corrected chi connectivity index (χ0v) is 7.77. The van der Waals surface area contributed by atoms with Crippen molar-refractivity contribution >= 4 is 22.3 Å². The van der Waals surface area contributed by atoms with E-state index >= 15 is 0 Å². The molecule has 2 rings (SSSR count). The number of aromatic nitrogens is 1. The first-order chi connectivity index (χ1) is 6.27. The van der Waals surface area contributed by atoms with Crippen LogP contribution in [0.15, 0.2) is 30.3 Å². The SMILES string of the molecule is Nc1[nH+]c(N)c(-c2ccccc2)s1. The van der Waals surface area contributed by atoms with Crippen molar-refractivity contribution in [2.75, 3.05) is 11.5 Å². The predicted molar refractivity (Wildman–Crippen MR) is 55.1 cm³/mol. The van der Waals surface area contributed by atoms with Gasteiger partial charge in [0.2, 0.25) is 5.82 Å². The lowest BCUT2D eigenvalue weighted by molar-refractivity contribution is -0.335. The summed E-state index contributed by atoms with van der Waals surface area (Å²) in [7, 11) is 0. The van der Waals surface area contributed by atoms with Gasteiger partial charge in [0.05, 0.1) is 0 Å². The van der Waals surface area contributed by atoms with E-state index in [2.05, 4.69) is 4.98 Å². The van der Waals surface area contributed by atoms with Crippen molar-refractivity contribution in [2.45, 2.75) is 0 Å². The van der Waals surface area contributed by atoms with E-state index in [1.165, 1.54) is 11.3 Å². The third kappa shape index (κ3) is 1.48. The Hall–Kier alpha value is -1.55. The fraction of sp³-hybridized carbons (Fsp3) is 0. The molecule has 0 unspecified atom stereocenters. The van der Waals surface area contributed by atoms with Crippen molar-refractivity contribution in [3.05, 3.63) is 30.3 Å². The average Bonchev–Trinajstić information content (AvgIpc) is 2.47. The molecule has 0 atom stereocenters. The number of rotatable bonds is 1. The Morgan fingerprint density at radius 1 is 1.08 bits per heavy atom. The zero-order valence-electron chi connectivity index (χ0n) is 6.95. The Labute approximate surface area is 80.0 Å². The van der Waals surface area contributed by atoms with Crippen molar-refractivity contribution < 1.29 is 4.98 Å². The van der Waals surface area contributed by atoms with E-state index in [-0.39, 0.29) is 0 Å². The maximum atomic E-state index is 5.75. The molecular weight excluding hydrogens is 182 g/mol. The van der Waals surface area contributed by atoms with Crippen LogP contribution in [0.1, 0.15) is 0 Å². The smallest absolute Gasteiger partial charge is 0.276 e. The number of H-pyrrole nitrogens is 1. The minimum atomic E-state index is 0.633. The largest absolute Gasteiger partial charge is 0.317 e. The molecule has 0 radical (unpaired) electrons. The van der Waals surface area contributed by atoms with Crippen molar-refractivity contribution in [3.63, 3.8) is 0 Å². The summed E-state index contributed by atoms with van der Waals surface area (Å²) in [5.74, 6) is 0.633. The Kier molecular flexibility index (Phi) is 1.90. The molecule has 1 aromatic heterocycles. The molecular formula is C9H10N3S+. The number of hydrogen-bond acceptors (Lipinski definition) is 3. The van der Waals surface area contributed by atoms with Crippen LogP contribution in [0.5, 0.6) is 0 Å². The Bertz CT molecular complexity index is 408. The molecule has 1 heterocycles. The number of anilines is 2. The third-order valence-corrected chi connectivity index (χ3v) is 2.73. The first kappa shape index (κ1) is 8.07. The second-order valence-corrected chi connectivity index (χ2v) is 3.75. The van der Waals surface area contributed by atoms with Crippen LogP contribution in [0.4, 0.5) is 10.9 Å². The molecule has 0 fully saturated rings. The van der Waals surface area contributed by atoms with E-state index in [1.54, 1.807) is 0 Å². The molecule has 0 saturated carbocycles. The normalized spacial score (nSPS) is 10.2. The van der Waals surface area contributed by atoms with Crippen LogP contribution >= 0.6 is 11.3 Å². The second kappa shape index (κ2) is 3.06. The molecule has 1 aromatic carbocycles. The van der Waals surface area contributed by atoms with Gasteiger partial charge in [-0.3, -0.25) is 0 Å². The minimum Gasteiger partial charge on any atom is -0.317 e. The van der Waals surface area contributed by atoms with Crippen molar-refractivity contribution in [1.29, 1.82) is 0 Å². The van der Waals surface area contributed by atoms with Gasteiger partial charge in [0.15, 0.2) is 0 Å². The van der Waals surface area contributed by atoms with E-state index in [0.717, 1.165) is 10.4 Å². The Morgan fingerprint density at radius 2 is 1.77 bits per heavy atom. The fourth-order valence-electron chi connectivity index (χ4n) is 1.18. The lowest BCUT2D eigenvalue weighted by Crippen LogP contribution is -2.09. The van der Waals surface area contributed by atoms with Crippen LogP contribution in [0, 0.1) is 0 Å². The van der Waals surface area contributed by atoms with Gasteiger partial charge in [0, 0.05) is 0 Å². The van der Waals surface area contributed by atoms with Crippen molar-refractivity contribution in [3.8, 4) is 10.4 Å². The summed E-state index contributed by atoms with van der Waals surface area (Å²) in [5.41, 5.74) is 12.4. The summed E-state index contributed by atoms with van der Waals surface area (Å²) in [6.45, 7) is 0. The monoisotopic (exact) mass is 192 g/mol. The maximum Gasteiger partial charge on any atom is 0.276 e. The molecule has 0 amide bonds. The first-order valence-electron chi connectivity index (χ1n) is 3.90. The number of benzene rings is 1. The van der Waals surface area contributed by atoms with Gasteiger partial charge in [-0.15, -0.1) is 0 Å². The standard InChI is InChI=1S/C9H9N3S/c10-8-7(13-9(11)12-8)6-4-2-1-3-5-6/h1-5H,10H2,(H2,11,12)/p+1. The topological polar surface area (TPSA) is 66.2 Å². The molecule has 0 saturated heterocycles. The molecule has 66 valence electrons. The summed E-state index contributed by atoms with van der Waals surface area (Å²) >= 11 is 1.46. The van der Waals surface area contributed by atoms with Crippen LogP contribution in [-0.2, 0) is 0 Å². The second-order valence-electron chi connectivity index (χ2n) is 2.70. The highest BCUT2D eigenvalue weighted by Gasteiger charge is 2.10. The molecule has 0 aliphatic heterocycles. The molecule has 13 heavy (non-hydrogen) atoms. The summed E-state index contributed by atoms with van der Waals surface area (Å²) in [6.07, 6.45) is 0. The lowest BCUT2D eigenvalue weighted by Gasteiger charge is -1.93. The molecule has 0 bridgehead atoms. The predicted octanol–water partition coefficient (Wildman–Crippen LogP) is 1.39. The van der Waals surface area contributed by atoms with Crippen LogP contribution in [0.2, 0.25) is 0 Å². The number of aromatic amines is 1. The zero-order chi connectivity index (χ0) is 9.26. The molecule has 0 spiro atoms. The summed E-state index contributed by atoms with van der Waals surface area (Å²) in [4.78, 5) is 3.88. The fourth-order valence-corrected chi connectivity index (χ4v) is 1.98. The average molecular weight is 192 g/mol. The quantitative estimate of drug-likeness (QED) is 0.717.